The maximum Gasteiger partial charge on any atom is 0.354 e. The summed E-state index contributed by atoms with van der Waals surface area (Å²) in [6, 6.07) is 19.2. The monoisotopic (exact) mass is 428 g/mol. The number of aromatic nitrogens is 2. The summed E-state index contributed by atoms with van der Waals surface area (Å²) in [4.78, 5) is 20.2. The molecule has 7 heteroatoms. The highest BCUT2D eigenvalue weighted by Gasteiger charge is 2.23. The molecule has 2 heterocycles. The summed E-state index contributed by atoms with van der Waals surface area (Å²) >= 11 is 1.58. The van der Waals surface area contributed by atoms with Gasteiger partial charge in [-0.2, -0.15) is 5.10 Å². The highest BCUT2D eigenvalue weighted by Crippen LogP contribution is 2.31. The van der Waals surface area contributed by atoms with Crippen LogP contribution in [-0.4, -0.2) is 26.8 Å². The van der Waals surface area contributed by atoms with E-state index in [4.69, 9.17) is 5.10 Å². The van der Waals surface area contributed by atoms with Gasteiger partial charge < -0.3 is 5.11 Å². The Balaban J connectivity index is 1.51. The van der Waals surface area contributed by atoms with Crippen molar-refractivity contribution in [3.63, 3.8) is 0 Å². The van der Waals surface area contributed by atoms with E-state index in [1.807, 2.05) is 36.4 Å². The highest BCUT2D eigenvalue weighted by atomic mass is 32.1. The Morgan fingerprint density at radius 3 is 2.84 bits per heavy atom. The van der Waals surface area contributed by atoms with E-state index in [1.54, 1.807) is 17.4 Å². The smallest absolute Gasteiger partial charge is 0.354 e. The lowest BCUT2D eigenvalue weighted by molar-refractivity contribution is 0.0690. The number of hydrogen-bond donors (Lipinski definition) is 2. The van der Waals surface area contributed by atoms with Gasteiger partial charge in [0.2, 0.25) is 5.13 Å². The maximum atomic E-state index is 11.3. The number of carboxylic acid groups (broad SMARTS) is 1. The molecule has 6 nitrogen and oxygen atoms in total. The number of pyridine rings is 1. The molecule has 1 aliphatic rings. The predicted octanol–water partition coefficient (Wildman–Crippen LogP) is 5.46. The van der Waals surface area contributed by atoms with Crippen molar-refractivity contribution >= 4 is 38.4 Å². The number of carboxylic acids is 1. The maximum absolute atomic E-state index is 11.3. The summed E-state index contributed by atoms with van der Waals surface area (Å²) in [6.45, 7) is 2.18. The van der Waals surface area contributed by atoms with Crippen LogP contribution in [0, 0.1) is 5.92 Å². The number of nitrogens with zero attached hydrogens (tertiary/aromatic N) is 3. The van der Waals surface area contributed by atoms with Crippen LogP contribution in [0.15, 0.2) is 65.8 Å². The number of fused-ring (bicyclic) bond motifs is 2. The third-order valence-electron chi connectivity index (χ3n) is 5.53. The number of para-hydroxylation sites is 1. The third kappa shape index (κ3) is 3.80. The van der Waals surface area contributed by atoms with Crippen LogP contribution in [0.25, 0.3) is 21.5 Å². The number of thiazole rings is 1. The zero-order valence-corrected chi connectivity index (χ0v) is 17.7. The third-order valence-corrected chi connectivity index (χ3v) is 6.47. The predicted molar refractivity (Wildman–Crippen MR) is 124 cm³/mol. The van der Waals surface area contributed by atoms with Gasteiger partial charge in [0.05, 0.1) is 21.6 Å². The van der Waals surface area contributed by atoms with Crippen LogP contribution in [0.2, 0.25) is 0 Å². The first-order valence-corrected chi connectivity index (χ1v) is 10.9. The number of nitrogens with one attached hydrogen (secondary N) is 1. The van der Waals surface area contributed by atoms with Gasteiger partial charge in [0.25, 0.3) is 0 Å². The van der Waals surface area contributed by atoms with Crippen molar-refractivity contribution in [3.05, 3.63) is 77.5 Å². The van der Waals surface area contributed by atoms with Crippen molar-refractivity contribution in [2.75, 3.05) is 5.43 Å². The fraction of sp³-hybridized carbons (Fsp3) is 0.167. The Labute approximate surface area is 183 Å². The average molecular weight is 429 g/mol. The molecule has 5 rings (SSSR count). The summed E-state index contributed by atoms with van der Waals surface area (Å²) < 4.78 is 1.12. The van der Waals surface area contributed by atoms with Gasteiger partial charge in [0, 0.05) is 17.0 Å². The molecular formula is C24H20N4O2S. The second-order valence-corrected chi connectivity index (χ2v) is 8.65. The molecular weight excluding hydrogens is 408 g/mol. The molecule has 2 N–H and O–H groups in total. The fourth-order valence-corrected chi connectivity index (χ4v) is 4.69. The van der Waals surface area contributed by atoms with Gasteiger partial charge in [-0.15, -0.1) is 0 Å². The normalized spacial score (nSPS) is 16.9. The number of rotatable bonds is 4. The molecule has 154 valence electrons. The van der Waals surface area contributed by atoms with Crippen LogP contribution < -0.4 is 5.43 Å². The Kier molecular flexibility index (Phi) is 4.95. The molecule has 2 aromatic carbocycles. The number of carbonyl (C=O) groups is 1. The Morgan fingerprint density at radius 1 is 1.13 bits per heavy atom. The van der Waals surface area contributed by atoms with Gasteiger partial charge in [-0.1, -0.05) is 48.6 Å². The molecule has 0 amide bonds. The molecule has 4 aromatic rings. The van der Waals surface area contributed by atoms with Crippen LogP contribution in [0.3, 0.4) is 0 Å². The first kappa shape index (κ1) is 19.4. The number of benzene rings is 2. The topological polar surface area (TPSA) is 87.5 Å². The van der Waals surface area contributed by atoms with Gasteiger partial charge in [-0.3, -0.25) is 5.43 Å². The van der Waals surface area contributed by atoms with Crippen molar-refractivity contribution in [2.24, 2.45) is 11.0 Å². The molecule has 0 radical (unpaired) electrons. The van der Waals surface area contributed by atoms with Crippen LogP contribution in [-0.2, 0) is 6.42 Å². The first-order chi connectivity index (χ1) is 15.1. The van der Waals surface area contributed by atoms with Gasteiger partial charge in [-0.05, 0) is 48.7 Å². The van der Waals surface area contributed by atoms with Gasteiger partial charge in [-0.25, -0.2) is 14.8 Å². The average Bonchev–Trinajstić information content (AvgIpc) is 3.21. The molecule has 0 saturated heterocycles. The van der Waals surface area contributed by atoms with Crippen LogP contribution in [0.4, 0.5) is 5.13 Å². The fourth-order valence-electron chi connectivity index (χ4n) is 3.88. The van der Waals surface area contributed by atoms with E-state index < -0.39 is 5.97 Å². The number of hydrazone groups is 1. The van der Waals surface area contributed by atoms with E-state index in [0.717, 1.165) is 45.0 Å². The van der Waals surface area contributed by atoms with E-state index in [2.05, 4.69) is 34.5 Å². The second kappa shape index (κ2) is 7.92. The van der Waals surface area contributed by atoms with E-state index >= 15 is 0 Å². The van der Waals surface area contributed by atoms with E-state index in [9.17, 15) is 9.90 Å². The lowest BCUT2D eigenvalue weighted by Gasteiger charge is -2.24. The number of aromatic carboxylic acids is 1. The summed E-state index contributed by atoms with van der Waals surface area (Å²) in [5.74, 6) is -0.737. The molecule has 0 fully saturated rings. The first-order valence-electron chi connectivity index (χ1n) is 10.1. The minimum Gasteiger partial charge on any atom is -0.477 e. The van der Waals surface area contributed by atoms with Crippen molar-refractivity contribution in [2.45, 2.75) is 19.8 Å². The molecule has 0 bridgehead atoms. The number of anilines is 1. The van der Waals surface area contributed by atoms with Crippen molar-refractivity contribution in [3.8, 4) is 11.3 Å². The summed E-state index contributed by atoms with van der Waals surface area (Å²) in [6.07, 6.45) is 2.01. The minimum absolute atomic E-state index is 0.0370. The molecule has 1 aliphatic carbocycles. The second-order valence-electron chi connectivity index (χ2n) is 7.62. The van der Waals surface area contributed by atoms with Crippen LogP contribution in [0.1, 0.15) is 35.0 Å². The molecule has 2 aromatic heterocycles. The lowest BCUT2D eigenvalue weighted by atomic mass is 9.82. The molecule has 0 saturated carbocycles. The Morgan fingerprint density at radius 2 is 2.00 bits per heavy atom. The lowest BCUT2D eigenvalue weighted by Crippen LogP contribution is -2.22. The van der Waals surface area contributed by atoms with Crippen LogP contribution in [0.5, 0.6) is 0 Å². The van der Waals surface area contributed by atoms with Gasteiger partial charge in [0.1, 0.15) is 5.69 Å². The van der Waals surface area contributed by atoms with Crippen molar-refractivity contribution in [1.82, 2.24) is 9.97 Å². The van der Waals surface area contributed by atoms with Crippen molar-refractivity contribution < 1.29 is 9.90 Å². The van der Waals surface area contributed by atoms with E-state index in [-0.39, 0.29) is 5.69 Å². The summed E-state index contributed by atoms with van der Waals surface area (Å²) in [7, 11) is 0. The number of aryl methyl sites for hydroxylation is 1. The van der Waals surface area contributed by atoms with E-state index in [1.165, 1.54) is 11.6 Å². The minimum atomic E-state index is -1.03. The van der Waals surface area contributed by atoms with Crippen molar-refractivity contribution in [1.29, 1.82) is 0 Å². The standard InChI is InChI=1S/C24H20N4O2S/c1-14-9-10-15-11-12-16(18-6-4-7-20(25-18)23(29)30)13-17(15)22(14)27-28-24-26-19-5-2-3-8-21(19)31-24/h2-8,11-14H,9-10H2,1H3,(H,26,28)(H,29,30)/b27-22+. The zero-order valence-electron chi connectivity index (χ0n) is 16.9. The SMILES string of the molecule is CC1CCc2ccc(-c3cccc(C(=O)O)n3)cc2/C1=N/Nc1nc2ccccc2s1. The highest BCUT2D eigenvalue weighted by molar-refractivity contribution is 7.22. The molecule has 1 unspecified atom stereocenters. The largest absolute Gasteiger partial charge is 0.477 e. The quantitative estimate of drug-likeness (QED) is 0.422. The Hall–Kier alpha value is -3.58. The molecule has 31 heavy (non-hydrogen) atoms. The number of hydrogen-bond acceptors (Lipinski definition) is 6. The van der Waals surface area contributed by atoms with Crippen LogP contribution >= 0.6 is 11.3 Å². The van der Waals surface area contributed by atoms with Gasteiger partial charge >= 0.3 is 5.97 Å². The molecule has 1 atom stereocenters. The molecule has 0 aliphatic heterocycles. The van der Waals surface area contributed by atoms with E-state index in [0.29, 0.717) is 11.6 Å². The molecule has 0 spiro atoms. The van der Waals surface area contributed by atoms with Gasteiger partial charge in [0.15, 0.2) is 0 Å². The zero-order chi connectivity index (χ0) is 21.4. The Bertz CT molecular complexity index is 1300. The summed E-state index contributed by atoms with van der Waals surface area (Å²) in [5.41, 5.74) is 8.97. The summed E-state index contributed by atoms with van der Waals surface area (Å²) in [5, 5.41) is 14.8.